The Morgan fingerprint density at radius 2 is 2.00 bits per heavy atom. The molecule has 106 valence electrons. The van der Waals surface area contributed by atoms with Crippen molar-refractivity contribution in [1.82, 2.24) is 10.2 Å². The van der Waals surface area contributed by atoms with Crippen LogP contribution < -0.4 is 5.32 Å². The second-order valence-corrected chi connectivity index (χ2v) is 6.15. The first kappa shape index (κ1) is 14.3. The smallest absolute Gasteiger partial charge is 0.0594 e. The molecule has 2 aliphatic rings. The average molecular weight is 254 g/mol. The third-order valence-corrected chi connectivity index (χ3v) is 4.50. The molecular formula is C15H30N2O. The summed E-state index contributed by atoms with van der Waals surface area (Å²) in [6.07, 6.45) is 5.42. The minimum absolute atomic E-state index is 0.754. The highest BCUT2D eigenvalue weighted by Gasteiger charge is 2.29. The largest absolute Gasteiger partial charge is 0.379 e. The molecule has 0 spiro atoms. The maximum Gasteiger partial charge on any atom is 0.0594 e. The molecule has 1 aliphatic carbocycles. The minimum atomic E-state index is 0.754. The molecule has 2 rings (SSSR count). The van der Waals surface area contributed by atoms with Crippen LogP contribution in [-0.2, 0) is 4.74 Å². The van der Waals surface area contributed by atoms with Crippen molar-refractivity contribution in [2.75, 3.05) is 39.4 Å². The molecule has 1 N–H and O–H groups in total. The van der Waals surface area contributed by atoms with Gasteiger partial charge >= 0.3 is 0 Å². The Hall–Kier alpha value is -0.120. The lowest BCUT2D eigenvalue weighted by atomic mass is 9.78. The van der Waals surface area contributed by atoms with Gasteiger partial charge in [-0.25, -0.2) is 0 Å². The molecule has 2 fully saturated rings. The van der Waals surface area contributed by atoms with Crippen LogP contribution in [0.2, 0.25) is 0 Å². The zero-order chi connectivity index (χ0) is 12.8. The highest BCUT2D eigenvalue weighted by atomic mass is 16.5. The van der Waals surface area contributed by atoms with Crippen LogP contribution in [0.4, 0.5) is 0 Å². The molecular weight excluding hydrogens is 224 g/mol. The summed E-state index contributed by atoms with van der Waals surface area (Å²) in [5, 5.41) is 3.77. The van der Waals surface area contributed by atoms with Gasteiger partial charge in [0.25, 0.3) is 0 Å². The molecule has 3 nitrogen and oxygen atoms in total. The predicted molar refractivity (Wildman–Crippen MR) is 75.8 cm³/mol. The summed E-state index contributed by atoms with van der Waals surface area (Å²) in [7, 11) is 0. The molecule has 18 heavy (non-hydrogen) atoms. The van der Waals surface area contributed by atoms with Crippen molar-refractivity contribution in [1.29, 1.82) is 0 Å². The number of morpholine rings is 1. The number of rotatable bonds is 5. The summed E-state index contributed by atoms with van der Waals surface area (Å²) in [5.41, 5.74) is 0. The Labute approximate surface area is 112 Å². The van der Waals surface area contributed by atoms with E-state index in [0.717, 1.165) is 44.2 Å². The van der Waals surface area contributed by atoms with Gasteiger partial charge in [-0.2, -0.15) is 0 Å². The molecule has 1 saturated heterocycles. The zero-order valence-corrected chi connectivity index (χ0v) is 12.2. The summed E-state index contributed by atoms with van der Waals surface area (Å²) in [6.45, 7) is 11.2. The van der Waals surface area contributed by atoms with Crippen molar-refractivity contribution in [2.24, 2.45) is 11.8 Å². The van der Waals surface area contributed by atoms with Crippen LogP contribution in [0.3, 0.4) is 0 Å². The van der Waals surface area contributed by atoms with Crippen LogP contribution >= 0.6 is 0 Å². The van der Waals surface area contributed by atoms with Crippen molar-refractivity contribution in [3.05, 3.63) is 0 Å². The molecule has 0 aromatic rings. The fraction of sp³-hybridized carbons (Fsp3) is 1.00. The molecule has 0 radical (unpaired) electrons. The Balaban J connectivity index is 1.83. The highest BCUT2D eigenvalue weighted by Crippen LogP contribution is 2.30. The Bertz CT molecular complexity index is 227. The number of nitrogens with zero attached hydrogens (tertiary/aromatic N) is 1. The van der Waals surface area contributed by atoms with Gasteiger partial charge in [-0.05, 0) is 44.1 Å². The van der Waals surface area contributed by atoms with Gasteiger partial charge in [0.15, 0.2) is 0 Å². The van der Waals surface area contributed by atoms with Gasteiger partial charge in [0.05, 0.1) is 13.2 Å². The van der Waals surface area contributed by atoms with Gasteiger partial charge in [-0.1, -0.05) is 13.8 Å². The summed E-state index contributed by atoms with van der Waals surface area (Å²) in [5.74, 6) is 1.76. The molecule has 0 bridgehead atoms. The molecule has 3 atom stereocenters. The van der Waals surface area contributed by atoms with E-state index >= 15 is 0 Å². The van der Waals surface area contributed by atoms with Gasteiger partial charge in [0, 0.05) is 25.7 Å². The van der Waals surface area contributed by atoms with Gasteiger partial charge < -0.3 is 10.1 Å². The lowest BCUT2D eigenvalue weighted by Crippen LogP contribution is -2.48. The SMILES string of the molecule is CCCNC1CCC(C)CC1CN1CCOCC1. The first-order valence-electron chi connectivity index (χ1n) is 7.83. The Kier molecular flexibility index (Phi) is 5.93. The van der Waals surface area contributed by atoms with Crippen molar-refractivity contribution < 1.29 is 4.74 Å². The summed E-state index contributed by atoms with van der Waals surface area (Å²) in [4.78, 5) is 2.60. The van der Waals surface area contributed by atoms with E-state index in [1.54, 1.807) is 0 Å². The topological polar surface area (TPSA) is 24.5 Å². The van der Waals surface area contributed by atoms with E-state index in [-0.39, 0.29) is 0 Å². The first-order chi connectivity index (χ1) is 8.79. The van der Waals surface area contributed by atoms with E-state index in [0.29, 0.717) is 0 Å². The molecule has 1 aliphatic heterocycles. The number of nitrogens with one attached hydrogen (secondary N) is 1. The molecule has 3 heteroatoms. The van der Waals surface area contributed by atoms with E-state index in [2.05, 4.69) is 24.1 Å². The van der Waals surface area contributed by atoms with Crippen molar-refractivity contribution >= 4 is 0 Å². The molecule has 0 amide bonds. The predicted octanol–water partition coefficient (Wildman–Crippen LogP) is 2.12. The Morgan fingerprint density at radius 1 is 1.22 bits per heavy atom. The van der Waals surface area contributed by atoms with Crippen LogP contribution in [-0.4, -0.2) is 50.3 Å². The highest BCUT2D eigenvalue weighted by molar-refractivity contribution is 4.85. The van der Waals surface area contributed by atoms with Crippen LogP contribution in [0.5, 0.6) is 0 Å². The lowest BCUT2D eigenvalue weighted by molar-refractivity contribution is 0.0218. The average Bonchev–Trinajstić information content (AvgIpc) is 2.39. The molecule has 3 unspecified atom stereocenters. The zero-order valence-electron chi connectivity index (χ0n) is 12.2. The summed E-state index contributed by atoms with van der Waals surface area (Å²) >= 11 is 0. The fourth-order valence-corrected chi connectivity index (χ4v) is 3.41. The van der Waals surface area contributed by atoms with Crippen LogP contribution in [0.15, 0.2) is 0 Å². The second kappa shape index (κ2) is 7.46. The molecule has 1 saturated carbocycles. The van der Waals surface area contributed by atoms with Gasteiger partial charge in [-0.3, -0.25) is 4.90 Å². The van der Waals surface area contributed by atoms with E-state index in [1.165, 1.54) is 38.8 Å². The van der Waals surface area contributed by atoms with E-state index < -0.39 is 0 Å². The normalized spacial score (nSPS) is 34.7. The van der Waals surface area contributed by atoms with Crippen LogP contribution in [0, 0.1) is 11.8 Å². The number of hydrogen-bond donors (Lipinski definition) is 1. The maximum atomic E-state index is 5.44. The minimum Gasteiger partial charge on any atom is -0.379 e. The number of ether oxygens (including phenoxy) is 1. The van der Waals surface area contributed by atoms with Gasteiger partial charge in [-0.15, -0.1) is 0 Å². The Morgan fingerprint density at radius 3 is 2.72 bits per heavy atom. The van der Waals surface area contributed by atoms with Crippen LogP contribution in [0.1, 0.15) is 39.5 Å². The lowest BCUT2D eigenvalue weighted by Gasteiger charge is -2.39. The van der Waals surface area contributed by atoms with E-state index in [1.807, 2.05) is 0 Å². The van der Waals surface area contributed by atoms with Gasteiger partial charge in [0.2, 0.25) is 0 Å². The van der Waals surface area contributed by atoms with Crippen LogP contribution in [0.25, 0.3) is 0 Å². The third-order valence-electron chi connectivity index (χ3n) is 4.50. The third kappa shape index (κ3) is 4.22. The molecule has 0 aromatic heterocycles. The molecule has 0 aromatic carbocycles. The second-order valence-electron chi connectivity index (χ2n) is 6.15. The van der Waals surface area contributed by atoms with E-state index in [4.69, 9.17) is 4.74 Å². The quantitative estimate of drug-likeness (QED) is 0.813. The first-order valence-corrected chi connectivity index (χ1v) is 7.83. The monoisotopic (exact) mass is 254 g/mol. The van der Waals surface area contributed by atoms with E-state index in [9.17, 15) is 0 Å². The fourth-order valence-electron chi connectivity index (χ4n) is 3.41. The standard InChI is InChI=1S/C15H30N2O/c1-3-6-16-15-5-4-13(2)11-14(15)12-17-7-9-18-10-8-17/h13-16H,3-12H2,1-2H3. The maximum absolute atomic E-state index is 5.44. The van der Waals surface area contributed by atoms with Crippen molar-refractivity contribution in [3.63, 3.8) is 0 Å². The number of hydrogen-bond acceptors (Lipinski definition) is 3. The summed E-state index contributed by atoms with van der Waals surface area (Å²) < 4.78 is 5.44. The van der Waals surface area contributed by atoms with Gasteiger partial charge in [0.1, 0.15) is 0 Å². The van der Waals surface area contributed by atoms with Crippen molar-refractivity contribution in [3.8, 4) is 0 Å². The van der Waals surface area contributed by atoms with Crippen molar-refractivity contribution in [2.45, 2.75) is 45.6 Å². The molecule has 1 heterocycles. The summed E-state index contributed by atoms with van der Waals surface area (Å²) in [6, 6.07) is 0.754.